The highest BCUT2D eigenvalue weighted by molar-refractivity contribution is 4.85. The fraction of sp³-hybridized carbons (Fsp3) is 1.00. The van der Waals surface area contributed by atoms with E-state index in [9.17, 15) is 5.11 Å². The van der Waals surface area contributed by atoms with Gasteiger partial charge in [-0.25, -0.2) is 0 Å². The van der Waals surface area contributed by atoms with E-state index in [0.717, 1.165) is 25.9 Å². The molecule has 0 aromatic heterocycles. The highest BCUT2D eigenvalue weighted by Crippen LogP contribution is 2.19. The minimum Gasteiger partial charge on any atom is -0.392 e. The summed E-state index contributed by atoms with van der Waals surface area (Å²) >= 11 is 0. The van der Waals surface area contributed by atoms with Crippen molar-refractivity contribution in [3.05, 3.63) is 0 Å². The van der Waals surface area contributed by atoms with Gasteiger partial charge in [-0.05, 0) is 38.8 Å². The molecule has 0 bridgehead atoms. The van der Waals surface area contributed by atoms with Crippen LogP contribution in [0.25, 0.3) is 0 Å². The second kappa shape index (κ2) is 8.04. The lowest BCUT2D eigenvalue weighted by molar-refractivity contribution is 0.0822. The molecule has 1 aliphatic heterocycles. The van der Waals surface area contributed by atoms with Gasteiger partial charge in [0.05, 0.1) is 6.10 Å². The molecule has 0 aromatic carbocycles. The summed E-state index contributed by atoms with van der Waals surface area (Å²) in [5.74, 6) is 0. The van der Waals surface area contributed by atoms with Crippen LogP contribution in [0.4, 0.5) is 0 Å². The van der Waals surface area contributed by atoms with Crippen LogP contribution in [0.5, 0.6) is 0 Å². The highest BCUT2D eigenvalue weighted by Gasteiger charge is 2.25. The maximum atomic E-state index is 9.82. The molecule has 2 aliphatic rings. The van der Waals surface area contributed by atoms with Crippen LogP contribution >= 0.6 is 0 Å². The minimum atomic E-state index is -0.0985. The van der Waals surface area contributed by atoms with Gasteiger partial charge in [-0.2, -0.15) is 0 Å². The molecule has 2 rings (SSSR count). The van der Waals surface area contributed by atoms with Crippen LogP contribution in [0.3, 0.4) is 0 Å². The zero-order valence-electron chi connectivity index (χ0n) is 10.8. The van der Waals surface area contributed by atoms with Crippen molar-refractivity contribution in [3.8, 4) is 0 Å². The molecule has 0 radical (unpaired) electrons. The number of aliphatic hydroxyl groups excluding tert-OH is 1. The van der Waals surface area contributed by atoms with Crippen LogP contribution in [0.2, 0.25) is 0 Å². The molecule has 16 heavy (non-hydrogen) atoms. The van der Waals surface area contributed by atoms with Crippen LogP contribution in [0.15, 0.2) is 0 Å². The van der Waals surface area contributed by atoms with Gasteiger partial charge in [0, 0.05) is 12.1 Å². The SMILES string of the molecule is CC.OC1CCCCC1NC1CCNCC1. The van der Waals surface area contributed by atoms with Gasteiger partial charge in [-0.15, -0.1) is 0 Å². The average Bonchev–Trinajstić information content (AvgIpc) is 2.36. The van der Waals surface area contributed by atoms with Crippen LogP contribution in [0.1, 0.15) is 52.4 Å². The number of hydrogen-bond acceptors (Lipinski definition) is 3. The Morgan fingerprint density at radius 2 is 1.62 bits per heavy atom. The number of nitrogens with one attached hydrogen (secondary N) is 2. The van der Waals surface area contributed by atoms with Gasteiger partial charge in [-0.1, -0.05) is 26.7 Å². The largest absolute Gasteiger partial charge is 0.392 e. The lowest BCUT2D eigenvalue weighted by Crippen LogP contribution is -2.50. The fourth-order valence-corrected chi connectivity index (χ4v) is 2.60. The van der Waals surface area contributed by atoms with Crippen LogP contribution in [-0.4, -0.2) is 36.4 Å². The maximum absolute atomic E-state index is 9.82. The van der Waals surface area contributed by atoms with Crippen molar-refractivity contribution in [2.24, 2.45) is 0 Å². The molecule has 2 atom stereocenters. The van der Waals surface area contributed by atoms with Crippen LogP contribution in [0, 0.1) is 0 Å². The summed E-state index contributed by atoms with van der Waals surface area (Å²) < 4.78 is 0. The molecular formula is C13H28N2O. The molecule has 1 saturated heterocycles. The maximum Gasteiger partial charge on any atom is 0.0693 e. The van der Waals surface area contributed by atoms with Crippen molar-refractivity contribution >= 4 is 0 Å². The molecule has 3 heteroatoms. The van der Waals surface area contributed by atoms with E-state index in [0.29, 0.717) is 12.1 Å². The molecule has 1 aliphatic carbocycles. The van der Waals surface area contributed by atoms with E-state index in [1.807, 2.05) is 13.8 Å². The fourth-order valence-electron chi connectivity index (χ4n) is 2.60. The molecule has 2 unspecified atom stereocenters. The van der Waals surface area contributed by atoms with Gasteiger partial charge in [0.15, 0.2) is 0 Å². The molecule has 1 saturated carbocycles. The summed E-state index contributed by atoms with van der Waals surface area (Å²) in [6, 6.07) is 1.00. The summed E-state index contributed by atoms with van der Waals surface area (Å²) in [5.41, 5.74) is 0. The summed E-state index contributed by atoms with van der Waals surface area (Å²) in [6.07, 6.45) is 6.95. The normalized spacial score (nSPS) is 31.7. The Hall–Kier alpha value is -0.120. The third-order valence-corrected chi connectivity index (χ3v) is 3.52. The van der Waals surface area contributed by atoms with Crippen molar-refractivity contribution in [1.82, 2.24) is 10.6 Å². The molecular weight excluding hydrogens is 200 g/mol. The first-order valence-electron chi connectivity index (χ1n) is 7.01. The number of hydrogen-bond donors (Lipinski definition) is 3. The lowest BCUT2D eigenvalue weighted by Gasteiger charge is -2.34. The zero-order chi connectivity index (χ0) is 11.8. The molecule has 1 heterocycles. The molecule has 0 spiro atoms. The third-order valence-electron chi connectivity index (χ3n) is 3.52. The topological polar surface area (TPSA) is 44.3 Å². The minimum absolute atomic E-state index is 0.0985. The molecule has 3 N–H and O–H groups in total. The molecule has 0 amide bonds. The number of aliphatic hydroxyl groups is 1. The first kappa shape index (κ1) is 13.9. The third kappa shape index (κ3) is 4.40. The summed E-state index contributed by atoms with van der Waals surface area (Å²) in [6.45, 7) is 6.25. The summed E-state index contributed by atoms with van der Waals surface area (Å²) in [7, 11) is 0. The smallest absolute Gasteiger partial charge is 0.0693 e. The zero-order valence-corrected chi connectivity index (χ0v) is 10.8. The van der Waals surface area contributed by atoms with Crippen molar-refractivity contribution in [2.45, 2.75) is 70.6 Å². The quantitative estimate of drug-likeness (QED) is 0.673. The first-order chi connectivity index (χ1) is 7.86. The van der Waals surface area contributed by atoms with Gasteiger partial charge >= 0.3 is 0 Å². The van der Waals surface area contributed by atoms with E-state index in [1.54, 1.807) is 0 Å². The number of piperidine rings is 1. The van der Waals surface area contributed by atoms with E-state index in [-0.39, 0.29) is 6.10 Å². The predicted molar refractivity (Wildman–Crippen MR) is 68.6 cm³/mol. The lowest BCUT2D eigenvalue weighted by atomic mass is 9.91. The van der Waals surface area contributed by atoms with Gasteiger partial charge < -0.3 is 15.7 Å². The van der Waals surface area contributed by atoms with Gasteiger partial charge in [-0.3, -0.25) is 0 Å². The Kier molecular flexibility index (Phi) is 7.01. The highest BCUT2D eigenvalue weighted by atomic mass is 16.3. The van der Waals surface area contributed by atoms with Crippen molar-refractivity contribution in [1.29, 1.82) is 0 Å². The van der Waals surface area contributed by atoms with Gasteiger partial charge in [0.2, 0.25) is 0 Å². The van der Waals surface area contributed by atoms with E-state index in [2.05, 4.69) is 10.6 Å². The van der Waals surface area contributed by atoms with Gasteiger partial charge in [0.25, 0.3) is 0 Å². The van der Waals surface area contributed by atoms with Crippen molar-refractivity contribution in [2.75, 3.05) is 13.1 Å². The van der Waals surface area contributed by atoms with Crippen LogP contribution < -0.4 is 10.6 Å². The monoisotopic (exact) mass is 228 g/mol. The van der Waals surface area contributed by atoms with Gasteiger partial charge in [0.1, 0.15) is 0 Å². The standard InChI is InChI=1S/C11H22N2O.C2H6/c14-11-4-2-1-3-10(11)13-9-5-7-12-8-6-9;1-2/h9-14H,1-8H2;1-2H3. The van der Waals surface area contributed by atoms with Crippen LogP contribution in [-0.2, 0) is 0 Å². The Balaban J connectivity index is 0.000000606. The second-order valence-corrected chi connectivity index (χ2v) is 4.65. The first-order valence-corrected chi connectivity index (χ1v) is 7.01. The molecule has 0 aromatic rings. The van der Waals surface area contributed by atoms with E-state index < -0.39 is 0 Å². The number of rotatable bonds is 2. The van der Waals surface area contributed by atoms with E-state index in [1.165, 1.54) is 25.7 Å². The van der Waals surface area contributed by atoms with E-state index >= 15 is 0 Å². The van der Waals surface area contributed by atoms with Crippen molar-refractivity contribution in [3.63, 3.8) is 0 Å². The second-order valence-electron chi connectivity index (χ2n) is 4.65. The Labute approximate surface area is 100 Å². The molecule has 96 valence electrons. The Morgan fingerprint density at radius 3 is 2.25 bits per heavy atom. The molecule has 3 nitrogen and oxygen atoms in total. The van der Waals surface area contributed by atoms with Crippen molar-refractivity contribution < 1.29 is 5.11 Å². The Bertz CT molecular complexity index is 169. The van der Waals surface area contributed by atoms with E-state index in [4.69, 9.17) is 0 Å². The summed E-state index contributed by atoms with van der Waals surface area (Å²) in [5, 5.41) is 16.8. The average molecular weight is 228 g/mol. The molecule has 2 fully saturated rings. The summed E-state index contributed by atoms with van der Waals surface area (Å²) in [4.78, 5) is 0. The predicted octanol–water partition coefficient (Wildman–Crippen LogP) is 1.66. The Morgan fingerprint density at radius 1 is 1.00 bits per heavy atom.